The van der Waals surface area contributed by atoms with Crippen molar-refractivity contribution in [2.45, 2.75) is 0 Å². The van der Waals surface area contributed by atoms with Gasteiger partial charge in [-0.25, -0.2) is 0 Å². The van der Waals surface area contributed by atoms with Crippen molar-refractivity contribution in [3.8, 4) is 0 Å². The molecule has 0 rings (SSSR count). The van der Waals surface area contributed by atoms with Crippen molar-refractivity contribution < 1.29 is 64.8 Å². The van der Waals surface area contributed by atoms with Crippen LogP contribution in [0.4, 0.5) is 0 Å². The molecular formula is C6H6Co2N12O12-6. The Hall–Kier alpha value is -5.65. The van der Waals surface area contributed by atoms with Gasteiger partial charge in [0.1, 0.15) is 0 Å². The summed E-state index contributed by atoms with van der Waals surface area (Å²) in [6, 6.07) is 0. The third-order valence-electron chi connectivity index (χ3n) is 0. The van der Waals surface area contributed by atoms with E-state index in [0.717, 1.165) is 0 Å². The maximum atomic E-state index is 8.11. The van der Waals surface area contributed by atoms with E-state index in [1.165, 1.54) is 32.0 Å². The zero-order valence-electron chi connectivity index (χ0n) is 14.2. The maximum absolute atomic E-state index is 8.11. The molecular weight excluding hydrogens is 550 g/mol. The standard InChI is InChI=1S/6CN.2Co.6HNO2/c6*1-2;;;6*2-1-3/h;;;;;;;;6*(H,2,3)/q6*-1;;;;;;;;. The molecule has 0 aliphatic rings. The van der Waals surface area contributed by atoms with E-state index in [-0.39, 0.29) is 33.6 Å². The fourth-order valence-corrected chi connectivity index (χ4v) is 0. The molecule has 24 nitrogen and oxygen atoms in total. The largest absolute Gasteiger partial charge is 0.512 e. The Labute approximate surface area is 197 Å². The summed E-state index contributed by atoms with van der Waals surface area (Å²) in [6.45, 7) is 28.5. The zero-order chi connectivity index (χ0) is 28.2. The Kier molecular flexibility index (Phi) is 419000. The summed E-state index contributed by atoms with van der Waals surface area (Å²) in [5, 5.41) is 84.8. The van der Waals surface area contributed by atoms with Gasteiger partial charge in [0.2, 0.25) is 0 Å². The van der Waals surface area contributed by atoms with E-state index >= 15 is 0 Å². The van der Waals surface area contributed by atoms with Gasteiger partial charge in [-0.05, 0) is 0 Å². The molecule has 0 aromatic rings. The van der Waals surface area contributed by atoms with E-state index in [1.54, 1.807) is 0 Å². The van der Waals surface area contributed by atoms with Crippen molar-refractivity contribution in [3.63, 3.8) is 0 Å². The summed E-state index contributed by atoms with van der Waals surface area (Å²) in [4.78, 5) is 48.7. The molecule has 0 aliphatic carbocycles. The molecule has 0 saturated carbocycles. The van der Waals surface area contributed by atoms with Gasteiger partial charge in [0.05, 0.1) is 0 Å². The number of rotatable bonds is 0. The minimum Gasteiger partial charge on any atom is -0.512 e. The Morgan fingerprint density at radius 2 is 0.312 bits per heavy atom. The summed E-state index contributed by atoms with van der Waals surface area (Å²) in [5.74, 6) is 0. The second-order valence-electron chi connectivity index (χ2n) is 0.490. The first kappa shape index (κ1) is 111. The topological polar surface area (TPSA) is 441 Å². The van der Waals surface area contributed by atoms with Crippen molar-refractivity contribution >= 4 is 0 Å². The van der Waals surface area contributed by atoms with Crippen LogP contribution in [-0.4, -0.2) is 31.2 Å². The second kappa shape index (κ2) is 121000. The fraction of sp³-hybridized carbons (Fsp3) is 0. The van der Waals surface area contributed by atoms with Crippen molar-refractivity contribution in [1.29, 1.82) is 31.6 Å². The van der Waals surface area contributed by atoms with E-state index in [1.807, 2.05) is 0 Å². The quantitative estimate of drug-likeness (QED) is 0.139. The van der Waals surface area contributed by atoms with E-state index < -0.39 is 0 Å². The molecule has 186 valence electrons. The van der Waals surface area contributed by atoms with Gasteiger partial charge < -0.3 is 102 Å². The van der Waals surface area contributed by atoms with Gasteiger partial charge in [-0.15, -0.1) is 29.4 Å². The summed E-state index contributed by atoms with van der Waals surface area (Å²) >= 11 is 0. The van der Waals surface area contributed by atoms with Crippen LogP contribution in [-0.2, 0) is 33.6 Å². The van der Waals surface area contributed by atoms with Crippen LogP contribution in [0.1, 0.15) is 0 Å². The molecule has 6 N–H and O–H groups in total. The Morgan fingerprint density at radius 1 is 0.312 bits per heavy atom. The average Bonchev–Trinajstić information content (AvgIpc) is 2.80. The van der Waals surface area contributed by atoms with Crippen molar-refractivity contribution in [3.05, 3.63) is 68.9 Å². The van der Waals surface area contributed by atoms with Crippen molar-refractivity contribution in [1.82, 2.24) is 0 Å². The van der Waals surface area contributed by atoms with Gasteiger partial charge in [-0.3, -0.25) is 0 Å². The van der Waals surface area contributed by atoms with Crippen LogP contribution in [0.25, 0.3) is 0 Å². The normalized spacial score (nSPS) is 2.62. The third kappa shape index (κ3) is 416. The molecule has 0 bridgehead atoms. The molecule has 0 spiro atoms. The van der Waals surface area contributed by atoms with Gasteiger partial charge in [0, 0.05) is 33.6 Å². The zero-order valence-corrected chi connectivity index (χ0v) is 16.2. The minimum atomic E-state index is 0. The third-order valence-corrected chi connectivity index (χ3v) is 0. The molecule has 26 heteroatoms. The summed E-state index contributed by atoms with van der Waals surface area (Å²) < 4.78 is 0. The molecule has 0 saturated heterocycles. The number of hydrogen-bond acceptors (Lipinski definition) is 18. The van der Waals surface area contributed by atoms with E-state index in [0.29, 0.717) is 0 Å². The second-order valence-corrected chi connectivity index (χ2v) is 0.490. The van der Waals surface area contributed by atoms with Gasteiger partial charge in [-0.2, -0.15) is 0 Å². The van der Waals surface area contributed by atoms with Gasteiger partial charge >= 0.3 is 0 Å². The molecule has 32 heavy (non-hydrogen) atoms. The van der Waals surface area contributed by atoms with Gasteiger partial charge in [0.15, 0.2) is 32.0 Å². The first-order valence-corrected chi connectivity index (χ1v) is 3.64. The fourth-order valence-electron chi connectivity index (χ4n) is 0. The predicted molar refractivity (Wildman–Crippen MR) is 75.3 cm³/mol. The predicted octanol–water partition coefficient (Wildman–Crippen LogP) is 1.43. The van der Waals surface area contributed by atoms with E-state index in [9.17, 15) is 0 Å². The summed E-state index contributed by atoms with van der Waals surface area (Å²) in [5.41, 5.74) is 0. The molecule has 0 atom stereocenters. The van der Waals surface area contributed by atoms with Gasteiger partial charge in [0.25, 0.3) is 0 Å². The van der Waals surface area contributed by atoms with Gasteiger partial charge in [-0.1, -0.05) is 0 Å². The van der Waals surface area contributed by atoms with Crippen LogP contribution in [0.5, 0.6) is 0 Å². The Bertz CT molecular complexity index is 295. The monoisotopic (exact) mass is 556 g/mol. The smallest absolute Gasteiger partial charge is 0.152 e. The summed E-state index contributed by atoms with van der Waals surface area (Å²) in [6.07, 6.45) is 0. The van der Waals surface area contributed by atoms with Crippen molar-refractivity contribution in [2.24, 2.45) is 32.0 Å². The SMILES string of the molecule is O=NO.O=NO.O=NO.O=NO.O=NO.O=NO.[C-]#N.[C-]#N.[C-]#N.[C-]#N.[C-]#N.[C-]#N.[Co].[Co]. The molecule has 0 heterocycles. The van der Waals surface area contributed by atoms with Crippen molar-refractivity contribution in [2.75, 3.05) is 0 Å². The van der Waals surface area contributed by atoms with Crippen LogP contribution in [0.3, 0.4) is 0 Å². The molecule has 0 aromatic heterocycles. The molecule has 0 aromatic carbocycles. The van der Waals surface area contributed by atoms with E-state index in [2.05, 4.69) is 0 Å². The minimum absolute atomic E-state index is 0. The Morgan fingerprint density at radius 3 is 0.312 bits per heavy atom. The molecule has 2 radical (unpaired) electrons. The average molecular weight is 556 g/mol. The Balaban J connectivity index is -0.00000000921. The van der Waals surface area contributed by atoms with Crippen LogP contribution in [0.15, 0.2) is 32.0 Å². The van der Waals surface area contributed by atoms with E-state index in [4.69, 9.17) is 132 Å². The first-order valence-electron chi connectivity index (χ1n) is 3.64. The molecule has 0 fully saturated rings. The van der Waals surface area contributed by atoms with Crippen LogP contribution < -0.4 is 0 Å². The van der Waals surface area contributed by atoms with Crippen LogP contribution >= 0.6 is 0 Å². The van der Waals surface area contributed by atoms with Crippen LogP contribution in [0, 0.1) is 100 Å². The molecule has 0 amide bonds. The summed E-state index contributed by atoms with van der Waals surface area (Å²) in [7, 11) is 0. The maximum Gasteiger partial charge on any atom is 0.152 e. The number of nitrogens with zero attached hydrogens (tertiary/aromatic N) is 12. The molecule has 0 unspecified atom stereocenters. The first-order chi connectivity index (χ1) is 14.5. The molecule has 0 aliphatic heterocycles. The van der Waals surface area contributed by atoms with Crippen LogP contribution in [0.2, 0.25) is 0 Å². The number of hydrogen-bond donors (Lipinski definition) is 6.